The lowest BCUT2D eigenvalue weighted by molar-refractivity contribution is 0.715. The van der Waals surface area contributed by atoms with E-state index in [2.05, 4.69) is 121 Å². The lowest BCUT2D eigenvalue weighted by atomic mass is 9.87. The van der Waals surface area contributed by atoms with E-state index >= 15 is 0 Å². The van der Waals surface area contributed by atoms with Crippen LogP contribution in [-0.2, 0) is 0 Å². The SMILES string of the molecule is C1=C(C(=Cc2ccc(-c3ccccc3)c(-c3ccccc3)c2)c2ccccc2)CCCC1. The minimum Gasteiger partial charge on any atom is -0.0807 e. The van der Waals surface area contributed by atoms with Crippen LogP contribution in [0.4, 0.5) is 0 Å². The van der Waals surface area contributed by atoms with Crippen LogP contribution in [0.5, 0.6) is 0 Å². The molecule has 0 saturated carbocycles. The van der Waals surface area contributed by atoms with Gasteiger partial charge in [-0.15, -0.1) is 0 Å². The minimum absolute atomic E-state index is 1.16. The van der Waals surface area contributed by atoms with Crippen LogP contribution >= 0.6 is 0 Å². The normalized spacial score (nSPS) is 14.1. The predicted molar refractivity (Wildman–Crippen MR) is 138 cm³/mol. The van der Waals surface area contributed by atoms with Crippen molar-refractivity contribution in [3.8, 4) is 22.3 Å². The quantitative estimate of drug-likeness (QED) is 0.287. The van der Waals surface area contributed by atoms with E-state index in [4.69, 9.17) is 0 Å². The third kappa shape index (κ3) is 4.50. The molecular weight excluding hydrogens is 384 g/mol. The van der Waals surface area contributed by atoms with Crippen molar-refractivity contribution in [1.29, 1.82) is 0 Å². The summed E-state index contributed by atoms with van der Waals surface area (Å²) in [6, 6.07) is 39.2. The highest BCUT2D eigenvalue weighted by atomic mass is 14.2. The van der Waals surface area contributed by atoms with Gasteiger partial charge in [-0.2, -0.15) is 0 Å². The third-order valence-electron chi connectivity index (χ3n) is 6.25. The zero-order valence-electron chi connectivity index (χ0n) is 18.4. The number of hydrogen-bond acceptors (Lipinski definition) is 0. The molecule has 0 spiro atoms. The van der Waals surface area contributed by atoms with Crippen molar-refractivity contribution in [1.82, 2.24) is 0 Å². The maximum atomic E-state index is 2.44. The Hall–Kier alpha value is -3.64. The van der Waals surface area contributed by atoms with Crippen molar-refractivity contribution in [2.24, 2.45) is 0 Å². The Bertz CT molecular complexity index is 1230. The van der Waals surface area contributed by atoms with E-state index in [1.807, 2.05) is 0 Å². The van der Waals surface area contributed by atoms with Gasteiger partial charge in [-0.25, -0.2) is 0 Å². The van der Waals surface area contributed by atoms with E-state index in [0.29, 0.717) is 0 Å². The van der Waals surface area contributed by atoms with Crippen LogP contribution in [0.3, 0.4) is 0 Å². The highest BCUT2D eigenvalue weighted by Crippen LogP contribution is 2.36. The zero-order valence-corrected chi connectivity index (χ0v) is 18.4. The molecule has 0 saturated heterocycles. The van der Waals surface area contributed by atoms with E-state index < -0.39 is 0 Å². The number of benzene rings is 4. The van der Waals surface area contributed by atoms with E-state index in [1.165, 1.54) is 63.8 Å². The Labute approximate surface area is 191 Å². The van der Waals surface area contributed by atoms with Crippen LogP contribution in [0.15, 0.2) is 121 Å². The number of allylic oxidation sites excluding steroid dienone is 3. The fourth-order valence-corrected chi connectivity index (χ4v) is 4.61. The Morgan fingerprint density at radius 1 is 0.594 bits per heavy atom. The van der Waals surface area contributed by atoms with Gasteiger partial charge in [-0.05, 0) is 82.4 Å². The van der Waals surface area contributed by atoms with Crippen LogP contribution in [0, 0.1) is 0 Å². The molecule has 0 heteroatoms. The summed E-state index contributed by atoms with van der Waals surface area (Å²) < 4.78 is 0. The van der Waals surface area contributed by atoms with Crippen molar-refractivity contribution in [2.45, 2.75) is 25.7 Å². The van der Waals surface area contributed by atoms with Crippen molar-refractivity contribution in [2.75, 3.05) is 0 Å². The summed E-state index contributed by atoms with van der Waals surface area (Å²) in [6.07, 6.45) is 9.75. The third-order valence-corrected chi connectivity index (χ3v) is 6.25. The predicted octanol–water partition coefficient (Wildman–Crippen LogP) is 9.06. The van der Waals surface area contributed by atoms with Crippen LogP contribution in [-0.4, -0.2) is 0 Å². The average Bonchev–Trinajstić information content (AvgIpc) is 2.89. The van der Waals surface area contributed by atoms with Crippen LogP contribution in [0.2, 0.25) is 0 Å². The lowest BCUT2D eigenvalue weighted by Gasteiger charge is -2.18. The molecule has 0 aliphatic heterocycles. The molecule has 0 fully saturated rings. The molecule has 0 atom stereocenters. The van der Waals surface area contributed by atoms with E-state index in [0.717, 1.165) is 6.42 Å². The standard InChI is InChI=1S/C32H28/c1-5-13-26(14-6-1)30-22-21-25(24-32(30)29-19-11-4-12-20-29)23-31(27-15-7-2-8-16-27)28-17-9-3-10-18-28/h1-2,4-8,11-17,19-24H,3,9-10,18H2. The summed E-state index contributed by atoms with van der Waals surface area (Å²) in [5.41, 5.74) is 10.4. The fourth-order valence-electron chi connectivity index (χ4n) is 4.61. The monoisotopic (exact) mass is 412 g/mol. The van der Waals surface area contributed by atoms with Crippen molar-refractivity contribution in [3.05, 3.63) is 132 Å². The maximum Gasteiger partial charge on any atom is -0.00995 e. The lowest BCUT2D eigenvalue weighted by Crippen LogP contribution is -1.96. The van der Waals surface area contributed by atoms with E-state index in [-0.39, 0.29) is 0 Å². The summed E-state index contributed by atoms with van der Waals surface area (Å²) in [5, 5.41) is 0. The molecule has 5 rings (SSSR count). The second-order valence-corrected chi connectivity index (χ2v) is 8.44. The van der Waals surface area contributed by atoms with Gasteiger partial charge in [0.2, 0.25) is 0 Å². The fraction of sp³-hybridized carbons (Fsp3) is 0.125. The molecule has 0 nitrogen and oxygen atoms in total. The Morgan fingerprint density at radius 2 is 1.22 bits per heavy atom. The summed E-state index contributed by atoms with van der Waals surface area (Å²) in [5.74, 6) is 0. The molecule has 0 heterocycles. The molecule has 4 aromatic carbocycles. The molecule has 0 aromatic heterocycles. The summed E-state index contributed by atoms with van der Waals surface area (Å²) in [4.78, 5) is 0. The van der Waals surface area contributed by atoms with Gasteiger partial charge in [0, 0.05) is 0 Å². The Balaban J connectivity index is 1.65. The topological polar surface area (TPSA) is 0 Å². The van der Waals surface area contributed by atoms with Gasteiger partial charge in [0.15, 0.2) is 0 Å². The van der Waals surface area contributed by atoms with Gasteiger partial charge in [-0.3, -0.25) is 0 Å². The second kappa shape index (κ2) is 9.66. The average molecular weight is 413 g/mol. The van der Waals surface area contributed by atoms with Gasteiger partial charge in [0.05, 0.1) is 0 Å². The van der Waals surface area contributed by atoms with Gasteiger partial charge < -0.3 is 0 Å². The Kier molecular flexibility index (Phi) is 6.12. The van der Waals surface area contributed by atoms with Crippen molar-refractivity contribution in [3.63, 3.8) is 0 Å². The second-order valence-electron chi connectivity index (χ2n) is 8.44. The van der Waals surface area contributed by atoms with Gasteiger partial charge in [0.1, 0.15) is 0 Å². The summed E-state index contributed by atoms with van der Waals surface area (Å²) in [7, 11) is 0. The highest BCUT2D eigenvalue weighted by molar-refractivity contribution is 5.93. The van der Waals surface area contributed by atoms with E-state index in [1.54, 1.807) is 0 Å². The first kappa shape index (κ1) is 20.3. The number of hydrogen-bond donors (Lipinski definition) is 0. The molecule has 0 N–H and O–H groups in total. The molecule has 0 unspecified atom stereocenters. The minimum atomic E-state index is 1.16. The highest BCUT2D eigenvalue weighted by Gasteiger charge is 2.13. The molecule has 1 aliphatic rings. The van der Waals surface area contributed by atoms with Crippen LogP contribution in [0.25, 0.3) is 33.9 Å². The molecular formula is C32H28. The van der Waals surface area contributed by atoms with Crippen molar-refractivity contribution >= 4 is 11.6 Å². The Morgan fingerprint density at radius 3 is 1.84 bits per heavy atom. The number of rotatable bonds is 5. The molecule has 0 bridgehead atoms. The van der Waals surface area contributed by atoms with E-state index in [9.17, 15) is 0 Å². The molecule has 0 radical (unpaired) electrons. The molecule has 0 amide bonds. The van der Waals surface area contributed by atoms with Gasteiger partial charge in [-0.1, -0.05) is 109 Å². The first-order chi connectivity index (χ1) is 15.9. The van der Waals surface area contributed by atoms with Gasteiger partial charge >= 0.3 is 0 Å². The first-order valence-corrected chi connectivity index (χ1v) is 11.6. The van der Waals surface area contributed by atoms with Crippen LogP contribution < -0.4 is 0 Å². The summed E-state index contributed by atoms with van der Waals surface area (Å²) >= 11 is 0. The largest absolute Gasteiger partial charge is 0.0807 e. The maximum absolute atomic E-state index is 2.44. The molecule has 4 aromatic rings. The molecule has 1 aliphatic carbocycles. The first-order valence-electron chi connectivity index (χ1n) is 11.6. The zero-order chi connectivity index (χ0) is 21.6. The molecule has 32 heavy (non-hydrogen) atoms. The summed E-state index contributed by atoms with van der Waals surface area (Å²) in [6.45, 7) is 0. The molecule has 156 valence electrons. The smallest absolute Gasteiger partial charge is 0.00995 e. The van der Waals surface area contributed by atoms with Crippen molar-refractivity contribution < 1.29 is 0 Å². The van der Waals surface area contributed by atoms with Gasteiger partial charge in [0.25, 0.3) is 0 Å². The van der Waals surface area contributed by atoms with Crippen LogP contribution in [0.1, 0.15) is 36.8 Å².